The molecule has 2 heterocycles. The van der Waals surface area contributed by atoms with E-state index in [2.05, 4.69) is 15.6 Å². The summed E-state index contributed by atoms with van der Waals surface area (Å²) in [6.45, 7) is 5.58. The van der Waals surface area contributed by atoms with Crippen molar-refractivity contribution in [1.29, 1.82) is 0 Å². The molecule has 3 aromatic rings. The van der Waals surface area contributed by atoms with Crippen LogP contribution in [0, 0.1) is 6.92 Å². The molecule has 0 aliphatic heterocycles. The summed E-state index contributed by atoms with van der Waals surface area (Å²) in [6, 6.07) is 9.06. The SMILES string of the molecule is Cc1ccccc1-c1noc(=O)n1CC(=O)Nc1cc(C(C)C)no1. The van der Waals surface area contributed by atoms with Crippen LogP contribution in [0.2, 0.25) is 0 Å². The normalized spacial score (nSPS) is 11.0. The number of hydrogen-bond donors (Lipinski definition) is 1. The number of rotatable bonds is 5. The Morgan fingerprint density at radius 2 is 2.00 bits per heavy atom. The van der Waals surface area contributed by atoms with E-state index in [1.165, 1.54) is 4.57 Å². The van der Waals surface area contributed by atoms with Crippen molar-refractivity contribution in [3.63, 3.8) is 0 Å². The first-order valence-electron chi connectivity index (χ1n) is 7.84. The lowest BCUT2D eigenvalue weighted by Crippen LogP contribution is -2.25. The number of nitrogens with one attached hydrogen (secondary N) is 1. The second-order valence-corrected chi connectivity index (χ2v) is 5.99. The van der Waals surface area contributed by atoms with Crippen molar-refractivity contribution in [2.24, 2.45) is 0 Å². The fraction of sp³-hybridized carbons (Fsp3) is 0.294. The van der Waals surface area contributed by atoms with E-state index in [1.54, 1.807) is 6.07 Å². The van der Waals surface area contributed by atoms with E-state index < -0.39 is 11.7 Å². The summed E-state index contributed by atoms with van der Waals surface area (Å²) in [6.07, 6.45) is 0. The van der Waals surface area contributed by atoms with Crippen LogP contribution in [0.3, 0.4) is 0 Å². The Bertz CT molecular complexity index is 951. The topological polar surface area (TPSA) is 103 Å². The van der Waals surface area contributed by atoms with Gasteiger partial charge in [0, 0.05) is 11.6 Å². The van der Waals surface area contributed by atoms with E-state index in [9.17, 15) is 9.59 Å². The summed E-state index contributed by atoms with van der Waals surface area (Å²) < 4.78 is 11.0. The number of carbonyl (C=O) groups excluding carboxylic acids is 1. The average Bonchev–Trinajstić information content (AvgIpc) is 3.16. The van der Waals surface area contributed by atoms with Crippen molar-refractivity contribution < 1.29 is 13.8 Å². The molecular weight excluding hydrogens is 324 g/mol. The van der Waals surface area contributed by atoms with Gasteiger partial charge >= 0.3 is 5.76 Å². The number of amides is 1. The average molecular weight is 342 g/mol. The van der Waals surface area contributed by atoms with Crippen LogP contribution in [0.1, 0.15) is 31.0 Å². The lowest BCUT2D eigenvalue weighted by atomic mass is 10.1. The lowest BCUT2D eigenvalue weighted by Gasteiger charge is -2.06. The minimum Gasteiger partial charge on any atom is -0.338 e. The summed E-state index contributed by atoms with van der Waals surface area (Å²) in [5.41, 5.74) is 2.38. The molecule has 0 atom stereocenters. The quantitative estimate of drug-likeness (QED) is 0.764. The van der Waals surface area contributed by atoms with Crippen molar-refractivity contribution in [1.82, 2.24) is 14.9 Å². The minimum atomic E-state index is -0.700. The molecule has 0 aliphatic carbocycles. The van der Waals surface area contributed by atoms with Gasteiger partial charge < -0.3 is 4.52 Å². The molecule has 0 unspecified atom stereocenters. The van der Waals surface area contributed by atoms with Gasteiger partial charge in [0.2, 0.25) is 11.8 Å². The zero-order chi connectivity index (χ0) is 18.0. The van der Waals surface area contributed by atoms with Gasteiger partial charge in [-0.15, -0.1) is 0 Å². The number of aryl methyl sites for hydroxylation is 1. The highest BCUT2D eigenvalue weighted by atomic mass is 16.5. The van der Waals surface area contributed by atoms with E-state index in [-0.39, 0.29) is 18.3 Å². The molecule has 8 heteroatoms. The number of hydrogen-bond acceptors (Lipinski definition) is 6. The van der Waals surface area contributed by atoms with Gasteiger partial charge in [0.05, 0.1) is 5.69 Å². The van der Waals surface area contributed by atoms with Gasteiger partial charge in [-0.3, -0.25) is 14.6 Å². The first-order valence-corrected chi connectivity index (χ1v) is 7.84. The number of nitrogens with zero attached hydrogens (tertiary/aromatic N) is 3. The van der Waals surface area contributed by atoms with Crippen LogP contribution in [0.15, 0.2) is 44.2 Å². The molecule has 0 saturated heterocycles. The second-order valence-electron chi connectivity index (χ2n) is 5.99. The third-order valence-corrected chi connectivity index (χ3v) is 3.76. The van der Waals surface area contributed by atoms with E-state index in [0.29, 0.717) is 5.82 Å². The van der Waals surface area contributed by atoms with E-state index in [4.69, 9.17) is 9.05 Å². The summed E-state index contributed by atoms with van der Waals surface area (Å²) in [7, 11) is 0. The van der Waals surface area contributed by atoms with Crippen molar-refractivity contribution >= 4 is 11.8 Å². The fourth-order valence-electron chi connectivity index (χ4n) is 2.37. The highest BCUT2D eigenvalue weighted by Gasteiger charge is 2.18. The van der Waals surface area contributed by atoms with Crippen LogP contribution in [-0.2, 0) is 11.3 Å². The molecule has 1 N–H and O–H groups in total. The molecular formula is C17H18N4O4. The molecule has 8 nitrogen and oxygen atoms in total. The maximum Gasteiger partial charge on any atom is 0.442 e. The van der Waals surface area contributed by atoms with Gasteiger partial charge in [0.15, 0.2) is 5.82 Å². The van der Waals surface area contributed by atoms with Gasteiger partial charge in [0.25, 0.3) is 0 Å². The number of benzene rings is 1. The van der Waals surface area contributed by atoms with Crippen LogP contribution >= 0.6 is 0 Å². The minimum absolute atomic E-state index is 0.183. The molecule has 0 bridgehead atoms. The third kappa shape index (κ3) is 3.52. The summed E-state index contributed by atoms with van der Waals surface area (Å²) in [5, 5.41) is 10.2. The molecule has 0 radical (unpaired) electrons. The molecule has 0 saturated carbocycles. The lowest BCUT2D eigenvalue weighted by molar-refractivity contribution is -0.116. The molecule has 3 rings (SSSR count). The van der Waals surface area contributed by atoms with Gasteiger partial charge in [-0.05, 0) is 18.4 Å². The van der Waals surface area contributed by atoms with E-state index >= 15 is 0 Å². The Morgan fingerprint density at radius 3 is 2.68 bits per heavy atom. The Kier molecular flexibility index (Phi) is 4.51. The molecule has 2 aromatic heterocycles. The largest absolute Gasteiger partial charge is 0.442 e. The predicted molar refractivity (Wildman–Crippen MR) is 90.2 cm³/mol. The molecule has 130 valence electrons. The fourth-order valence-corrected chi connectivity index (χ4v) is 2.37. The van der Waals surface area contributed by atoms with Crippen molar-refractivity contribution in [2.45, 2.75) is 33.2 Å². The monoisotopic (exact) mass is 342 g/mol. The first-order chi connectivity index (χ1) is 12.0. The Labute approximate surface area is 143 Å². The first kappa shape index (κ1) is 16.7. The maximum atomic E-state index is 12.3. The van der Waals surface area contributed by atoms with Crippen LogP contribution < -0.4 is 11.1 Å². The number of carbonyl (C=O) groups is 1. The zero-order valence-corrected chi connectivity index (χ0v) is 14.1. The van der Waals surface area contributed by atoms with E-state index in [0.717, 1.165) is 16.8 Å². The van der Waals surface area contributed by atoms with Crippen molar-refractivity contribution in [2.75, 3.05) is 5.32 Å². The van der Waals surface area contributed by atoms with Gasteiger partial charge in [0.1, 0.15) is 6.54 Å². The third-order valence-electron chi connectivity index (χ3n) is 3.76. The Hall–Kier alpha value is -3.16. The Balaban J connectivity index is 1.81. The zero-order valence-electron chi connectivity index (χ0n) is 14.1. The van der Waals surface area contributed by atoms with Crippen LogP contribution in [0.25, 0.3) is 11.4 Å². The van der Waals surface area contributed by atoms with Crippen LogP contribution in [0.4, 0.5) is 5.88 Å². The van der Waals surface area contributed by atoms with E-state index in [1.807, 2.05) is 45.0 Å². The van der Waals surface area contributed by atoms with Crippen molar-refractivity contribution in [3.05, 3.63) is 52.1 Å². The maximum absolute atomic E-state index is 12.3. The summed E-state index contributed by atoms with van der Waals surface area (Å²) in [4.78, 5) is 24.2. The number of anilines is 1. The van der Waals surface area contributed by atoms with Gasteiger partial charge in [-0.2, -0.15) is 0 Å². The highest BCUT2D eigenvalue weighted by molar-refractivity contribution is 5.89. The van der Waals surface area contributed by atoms with Crippen LogP contribution in [-0.4, -0.2) is 20.8 Å². The Morgan fingerprint density at radius 1 is 1.24 bits per heavy atom. The molecule has 0 fully saturated rings. The summed E-state index contributed by atoms with van der Waals surface area (Å²) >= 11 is 0. The molecule has 0 aliphatic rings. The second kappa shape index (κ2) is 6.76. The standard InChI is InChI=1S/C17H18N4O4/c1-10(2)13-8-15(24-19-13)18-14(22)9-21-16(20-25-17(21)23)12-7-5-4-6-11(12)3/h4-8,10H,9H2,1-3H3,(H,18,22). The molecule has 0 spiro atoms. The highest BCUT2D eigenvalue weighted by Crippen LogP contribution is 2.20. The summed E-state index contributed by atoms with van der Waals surface area (Å²) in [5.74, 6) is -0.419. The smallest absolute Gasteiger partial charge is 0.338 e. The predicted octanol–water partition coefficient (Wildman–Crippen LogP) is 2.56. The number of aromatic nitrogens is 3. The van der Waals surface area contributed by atoms with Gasteiger partial charge in [-0.1, -0.05) is 48.4 Å². The van der Waals surface area contributed by atoms with Gasteiger partial charge in [-0.25, -0.2) is 9.36 Å². The van der Waals surface area contributed by atoms with Crippen LogP contribution in [0.5, 0.6) is 0 Å². The molecule has 1 aromatic carbocycles. The van der Waals surface area contributed by atoms with Crippen molar-refractivity contribution in [3.8, 4) is 11.4 Å². The molecule has 1 amide bonds. The molecule has 25 heavy (non-hydrogen) atoms.